The van der Waals surface area contributed by atoms with Gasteiger partial charge >= 0.3 is 0 Å². The first-order valence-electron chi connectivity index (χ1n) is 7.17. The maximum atomic E-state index is 4.61. The van der Waals surface area contributed by atoms with Crippen molar-refractivity contribution in [3.63, 3.8) is 0 Å². The van der Waals surface area contributed by atoms with E-state index in [9.17, 15) is 0 Å². The predicted octanol–water partition coefficient (Wildman–Crippen LogP) is 3.01. The van der Waals surface area contributed by atoms with E-state index < -0.39 is 0 Å². The standard InChI is InChI=1S/C17H17N3/c1-2-4-15-13(3-1)7-11-20-12-10-19-17(20)16(15)14-5-8-18-9-6-14/h1-4,7,10-12,18H,5-6,8-9H2. The number of hydrogen-bond donors (Lipinski definition) is 1. The summed E-state index contributed by atoms with van der Waals surface area (Å²) in [6.07, 6.45) is 10.4. The first kappa shape index (κ1) is 11.7. The molecule has 2 aliphatic rings. The molecule has 2 aromatic rings. The van der Waals surface area contributed by atoms with Crippen molar-refractivity contribution in [2.45, 2.75) is 12.8 Å². The summed E-state index contributed by atoms with van der Waals surface area (Å²) < 4.78 is 2.13. The van der Waals surface area contributed by atoms with Crippen molar-refractivity contribution in [3.05, 3.63) is 59.2 Å². The third-order valence-corrected chi connectivity index (χ3v) is 4.10. The highest BCUT2D eigenvalue weighted by molar-refractivity contribution is 5.88. The second kappa shape index (κ2) is 4.76. The van der Waals surface area contributed by atoms with Crippen LogP contribution in [0.3, 0.4) is 0 Å². The van der Waals surface area contributed by atoms with Gasteiger partial charge in [-0.3, -0.25) is 0 Å². The minimum atomic E-state index is 1.06. The molecular weight excluding hydrogens is 246 g/mol. The first-order chi connectivity index (χ1) is 9.93. The van der Waals surface area contributed by atoms with Crippen LogP contribution in [0.1, 0.15) is 29.8 Å². The summed E-state index contributed by atoms with van der Waals surface area (Å²) in [6.45, 7) is 2.13. The number of imidazole rings is 1. The van der Waals surface area contributed by atoms with Crippen molar-refractivity contribution in [1.82, 2.24) is 14.9 Å². The Balaban J connectivity index is 2.00. The molecule has 20 heavy (non-hydrogen) atoms. The summed E-state index contributed by atoms with van der Waals surface area (Å²) in [5, 5.41) is 3.43. The third kappa shape index (κ3) is 1.82. The molecule has 0 unspecified atom stereocenters. The lowest BCUT2D eigenvalue weighted by Crippen LogP contribution is -2.24. The van der Waals surface area contributed by atoms with Crippen molar-refractivity contribution in [2.75, 3.05) is 13.1 Å². The SMILES string of the molecule is C1=Cn2ccnc2C(=C2CCNCC2)c2ccccc21. The molecule has 0 spiro atoms. The third-order valence-electron chi connectivity index (χ3n) is 4.10. The second-order valence-electron chi connectivity index (χ2n) is 5.29. The largest absolute Gasteiger partial charge is 0.316 e. The highest BCUT2D eigenvalue weighted by atomic mass is 15.0. The number of aromatic nitrogens is 2. The number of hydrogen-bond acceptors (Lipinski definition) is 2. The van der Waals surface area contributed by atoms with Gasteiger partial charge in [-0.1, -0.05) is 29.8 Å². The summed E-state index contributed by atoms with van der Waals surface area (Å²) in [5.74, 6) is 1.07. The van der Waals surface area contributed by atoms with E-state index in [0.717, 1.165) is 31.8 Å². The van der Waals surface area contributed by atoms with Gasteiger partial charge in [-0.2, -0.15) is 0 Å². The topological polar surface area (TPSA) is 29.9 Å². The smallest absolute Gasteiger partial charge is 0.144 e. The molecular formula is C17H17N3. The number of nitrogens with zero attached hydrogens (tertiary/aromatic N) is 2. The highest BCUT2D eigenvalue weighted by Gasteiger charge is 2.21. The minimum Gasteiger partial charge on any atom is -0.316 e. The fourth-order valence-corrected chi connectivity index (χ4v) is 3.11. The Kier molecular flexibility index (Phi) is 2.78. The van der Waals surface area contributed by atoms with Crippen LogP contribution < -0.4 is 5.32 Å². The normalized spacial score (nSPS) is 17.6. The van der Waals surface area contributed by atoms with E-state index in [1.165, 1.54) is 22.3 Å². The second-order valence-corrected chi connectivity index (χ2v) is 5.29. The molecule has 1 aromatic heterocycles. The zero-order valence-corrected chi connectivity index (χ0v) is 11.3. The van der Waals surface area contributed by atoms with Gasteiger partial charge in [0.15, 0.2) is 0 Å². The van der Waals surface area contributed by atoms with Crippen LogP contribution in [0.25, 0.3) is 17.8 Å². The van der Waals surface area contributed by atoms with E-state index in [2.05, 4.69) is 51.4 Å². The Morgan fingerprint density at radius 1 is 1.10 bits per heavy atom. The number of piperidine rings is 1. The molecule has 0 radical (unpaired) electrons. The van der Waals surface area contributed by atoms with E-state index in [1.54, 1.807) is 0 Å². The molecule has 100 valence electrons. The van der Waals surface area contributed by atoms with E-state index in [0.29, 0.717) is 0 Å². The number of nitrogens with one attached hydrogen (secondary N) is 1. The van der Waals surface area contributed by atoms with Gasteiger partial charge in [-0.25, -0.2) is 4.98 Å². The van der Waals surface area contributed by atoms with Crippen LogP contribution >= 0.6 is 0 Å². The molecule has 1 fully saturated rings. The lowest BCUT2D eigenvalue weighted by molar-refractivity contribution is 0.611. The number of benzene rings is 1. The van der Waals surface area contributed by atoms with Gasteiger partial charge in [-0.05, 0) is 43.1 Å². The molecule has 1 saturated heterocycles. The van der Waals surface area contributed by atoms with Crippen molar-refractivity contribution < 1.29 is 0 Å². The molecule has 0 amide bonds. The lowest BCUT2D eigenvalue weighted by atomic mass is 9.91. The van der Waals surface area contributed by atoms with Crippen molar-refractivity contribution in [2.24, 2.45) is 0 Å². The van der Waals surface area contributed by atoms with Crippen LogP contribution in [-0.4, -0.2) is 22.6 Å². The average Bonchev–Trinajstić information content (AvgIpc) is 2.90. The quantitative estimate of drug-likeness (QED) is 0.675. The van der Waals surface area contributed by atoms with Gasteiger partial charge in [0.05, 0.1) is 0 Å². The molecule has 0 atom stereocenters. The van der Waals surface area contributed by atoms with Gasteiger partial charge < -0.3 is 9.88 Å². The monoisotopic (exact) mass is 263 g/mol. The Morgan fingerprint density at radius 3 is 2.85 bits per heavy atom. The van der Waals surface area contributed by atoms with E-state index in [4.69, 9.17) is 0 Å². The number of fused-ring (bicyclic) bond motifs is 2. The average molecular weight is 263 g/mol. The minimum absolute atomic E-state index is 1.06. The Morgan fingerprint density at radius 2 is 1.95 bits per heavy atom. The summed E-state index contributed by atoms with van der Waals surface area (Å²) in [5.41, 5.74) is 5.44. The molecule has 0 saturated carbocycles. The Hall–Kier alpha value is -2.13. The van der Waals surface area contributed by atoms with E-state index in [-0.39, 0.29) is 0 Å². The molecule has 3 nitrogen and oxygen atoms in total. The maximum absolute atomic E-state index is 4.61. The maximum Gasteiger partial charge on any atom is 0.144 e. The van der Waals surface area contributed by atoms with Crippen molar-refractivity contribution in [1.29, 1.82) is 0 Å². The fourth-order valence-electron chi connectivity index (χ4n) is 3.11. The van der Waals surface area contributed by atoms with Crippen LogP contribution in [-0.2, 0) is 0 Å². The predicted molar refractivity (Wildman–Crippen MR) is 82.0 cm³/mol. The molecule has 0 bridgehead atoms. The van der Waals surface area contributed by atoms with E-state index >= 15 is 0 Å². The highest BCUT2D eigenvalue weighted by Crippen LogP contribution is 2.34. The molecule has 4 rings (SSSR count). The van der Waals surface area contributed by atoms with Crippen LogP contribution in [0.5, 0.6) is 0 Å². The van der Waals surface area contributed by atoms with Gasteiger partial charge in [0.25, 0.3) is 0 Å². The summed E-state index contributed by atoms with van der Waals surface area (Å²) in [6, 6.07) is 8.61. The fraction of sp³-hybridized carbons (Fsp3) is 0.235. The van der Waals surface area contributed by atoms with Crippen LogP contribution in [0.15, 0.2) is 42.2 Å². The van der Waals surface area contributed by atoms with Crippen molar-refractivity contribution >= 4 is 17.8 Å². The summed E-state index contributed by atoms with van der Waals surface area (Å²) >= 11 is 0. The molecule has 1 aromatic carbocycles. The molecule has 3 heterocycles. The molecule has 1 N–H and O–H groups in total. The van der Waals surface area contributed by atoms with Gasteiger partial charge in [0, 0.05) is 24.2 Å². The first-order valence-corrected chi connectivity index (χ1v) is 7.17. The summed E-state index contributed by atoms with van der Waals surface area (Å²) in [7, 11) is 0. The Labute approximate surface area is 118 Å². The number of rotatable bonds is 0. The van der Waals surface area contributed by atoms with Crippen LogP contribution in [0, 0.1) is 0 Å². The zero-order chi connectivity index (χ0) is 13.4. The van der Waals surface area contributed by atoms with Crippen LogP contribution in [0.2, 0.25) is 0 Å². The van der Waals surface area contributed by atoms with Gasteiger partial charge in [0.2, 0.25) is 0 Å². The van der Waals surface area contributed by atoms with Crippen LogP contribution in [0.4, 0.5) is 0 Å². The van der Waals surface area contributed by atoms with Gasteiger partial charge in [-0.15, -0.1) is 0 Å². The molecule has 0 aliphatic carbocycles. The lowest BCUT2D eigenvalue weighted by Gasteiger charge is -2.20. The molecule has 2 aliphatic heterocycles. The van der Waals surface area contributed by atoms with Crippen molar-refractivity contribution in [3.8, 4) is 0 Å². The zero-order valence-electron chi connectivity index (χ0n) is 11.3. The summed E-state index contributed by atoms with van der Waals surface area (Å²) in [4.78, 5) is 4.61. The molecule has 3 heteroatoms. The van der Waals surface area contributed by atoms with Gasteiger partial charge in [0.1, 0.15) is 5.82 Å². The Bertz CT molecular complexity index is 699. The van der Waals surface area contributed by atoms with E-state index in [1.807, 2.05) is 12.4 Å².